The Morgan fingerprint density at radius 3 is 2.78 bits per heavy atom. The average molecular weight is 246 g/mol. The van der Waals surface area contributed by atoms with E-state index in [4.69, 9.17) is 9.84 Å². The Morgan fingerprint density at radius 1 is 1.39 bits per heavy atom. The van der Waals surface area contributed by atoms with Crippen molar-refractivity contribution in [2.75, 3.05) is 13.7 Å². The molecule has 2 aromatic rings. The fraction of sp³-hybridized carbons (Fsp3) is 0.357. The van der Waals surface area contributed by atoms with E-state index in [2.05, 4.69) is 11.1 Å². The van der Waals surface area contributed by atoms with E-state index in [9.17, 15) is 0 Å². The Balaban J connectivity index is 2.39. The molecule has 1 heterocycles. The Bertz CT molecular complexity index is 547. The van der Waals surface area contributed by atoms with Crippen LogP contribution in [0.5, 0.6) is 5.75 Å². The molecule has 0 saturated carbocycles. The number of nitrogens with zero attached hydrogens (tertiary/aromatic N) is 2. The SMILES string of the molecule is COc1ccc(-c2ncc(CCO)n2C)cc1C. The van der Waals surface area contributed by atoms with Crippen LogP contribution in [0.25, 0.3) is 11.4 Å². The third-order valence-corrected chi connectivity index (χ3v) is 3.11. The summed E-state index contributed by atoms with van der Waals surface area (Å²) in [5.41, 5.74) is 3.17. The summed E-state index contributed by atoms with van der Waals surface area (Å²) in [5.74, 6) is 1.78. The van der Waals surface area contributed by atoms with Crippen molar-refractivity contribution in [3.05, 3.63) is 35.7 Å². The van der Waals surface area contributed by atoms with Crippen molar-refractivity contribution in [1.29, 1.82) is 0 Å². The molecule has 0 fully saturated rings. The highest BCUT2D eigenvalue weighted by molar-refractivity contribution is 5.59. The van der Waals surface area contributed by atoms with Crippen LogP contribution in [0.3, 0.4) is 0 Å². The molecular weight excluding hydrogens is 228 g/mol. The van der Waals surface area contributed by atoms with E-state index in [0.717, 1.165) is 28.4 Å². The summed E-state index contributed by atoms with van der Waals surface area (Å²) in [6.45, 7) is 2.15. The lowest BCUT2D eigenvalue weighted by atomic mass is 10.1. The topological polar surface area (TPSA) is 47.3 Å². The standard InChI is InChI=1S/C14H18N2O2/c1-10-8-11(4-5-13(10)18-3)14-15-9-12(6-7-17)16(14)2/h4-5,8-9,17H,6-7H2,1-3H3. The van der Waals surface area contributed by atoms with Crippen molar-refractivity contribution in [3.63, 3.8) is 0 Å². The molecular formula is C14H18N2O2. The molecule has 0 amide bonds. The van der Waals surface area contributed by atoms with Crippen LogP contribution in [0.1, 0.15) is 11.3 Å². The molecule has 1 aromatic carbocycles. The number of aliphatic hydroxyl groups excluding tert-OH is 1. The zero-order valence-electron chi connectivity index (χ0n) is 11.0. The van der Waals surface area contributed by atoms with E-state index < -0.39 is 0 Å². The highest BCUT2D eigenvalue weighted by Crippen LogP contribution is 2.25. The van der Waals surface area contributed by atoms with Gasteiger partial charge in [0.15, 0.2) is 0 Å². The second-order valence-corrected chi connectivity index (χ2v) is 4.29. The highest BCUT2D eigenvalue weighted by atomic mass is 16.5. The minimum atomic E-state index is 0.139. The monoisotopic (exact) mass is 246 g/mol. The number of benzene rings is 1. The molecule has 0 aliphatic carbocycles. The van der Waals surface area contributed by atoms with Crippen LogP contribution in [0.15, 0.2) is 24.4 Å². The van der Waals surface area contributed by atoms with Crippen molar-refractivity contribution < 1.29 is 9.84 Å². The molecule has 96 valence electrons. The van der Waals surface area contributed by atoms with Gasteiger partial charge >= 0.3 is 0 Å². The molecule has 0 aliphatic rings. The fourth-order valence-corrected chi connectivity index (χ4v) is 2.08. The van der Waals surface area contributed by atoms with Gasteiger partial charge in [-0.25, -0.2) is 4.98 Å². The number of aromatic nitrogens is 2. The molecule has 0 saturated heterocycles. The number of hydrogen-bond donors (Lipinski definition) is 1. The van der Waals surface area contributed by atoms with Gasteiger partial charge in [0, 0.05) is 37.5 Å². The van der Waals surface area contributed by atoms with Crippen LogP contribution < -0.4 is 4.74 Å². The zero-order chi connectivity index (χ0) is 13.1. The lowest BCUT2D eigenvalue weighted by Crippen LogP contribution is -2.01. The number of aryl methyl sites for hydroxylation is 1. The molecule has 0 aliphatic heterocycles. The third-order valence-electron chi connectivity index (χ3n) is 3.11. The minimum Gasteiger partial charge on any atom is -0.496 e. The lowest BCUT2D eigenvalue weighted by Gasteiger charge is -2.08. The van der Waals surface area contributed by atoms with Crippen LogP contribution in [-0.4, -0.2) is 28.4 Å². The van der Waals surface area contributed by atoms with Gasteiger partial charge in [-0.2, -0.15) is 0 Å². The summed E-state index contributed by atoms with van der Waals surface area (Å²) < 4.78 is 7.26. The van der Waals surface area contributed by atoms with Gasteiger partial charge in [0.1, 0.15) is 11.6 Å². The molecule has 2 rings (SSSR count). The second-order valence-electron chi connectivity index (χ2n) is 4.29. The summed E-state index contributed by atoms with van der Waals surface area (Å²) in [6.07, 6.45) is 2.43. The number of hydrogen-bond acceptors (Lipinski definition) is 3. The molecule has 4 nitrogen and oxygen atoms in total. The van der Waals surface area contributed by atoms with Gasteiger partial charge in [-0.05, 0) is 30.7 Å². The van der Waals surface area contributed by atoms with Gasteiger partial charge in [-0.1, -0.05) is 0 Å². The van der Waals surface area contributed by atoms with E-state index in [1.807, 2.05) is 36.9 Å². The van der Waals surface area contributed by atoms with Gasteiger partial charge in [0.2, 0.25) is 0 Å². The van der Waals surface area contributed by atoms with Gasteiger partial charge in [-0.3, -0.25) is 0 Å². The maximum Gasteiger partial charge on any atom is 0.139 e. The first kappa shape index (κ1) is 12.6. The summed E-state index contributed by atoms with van der Waals surface area (Å²) in [7, 11) is 3.63. The number of methoxy groups -OCH3 is 1. The van der Waals surface area contributed by atoms with Gasteiger partial charge in [0.05, 0.1) is 7.11 Å². The molecule has 1 N–H and O–H groups in total. The number of aliphatic hydroxyl groups is 1. The maximum absolute atomic E-state index is 8.98. The van der Waals surface area contributed by atoms with E-state index in [0.29, 0.717) is 6.42 Å². The van der Waals surface area contributed by atoms with Gasteiger partial charge in [0.25, 0.3) is 0 Å². The van der Waals surface area contributed by atoms with Crippen LogP contribution >= 0.6 is 0 Å². The summed E-state index contributed by atoms with van der Waals surface area (Å²) in [6, 6.07) is 6.01. The number of imidazole rings is 1. The molecule has 4 heteroatoms. The first-order chi connectivity index (χ1) is 8.67. The van der Waals surface area contributed by atoms with Gasteiger partial charge < -0.3 is 14.4 Å². The predicted octanol–water partition coefficient (Wildman–Crippen LogP) is 1.94. The predicted molar refractivity (Wildman–Crippen MR) is 70.7 cm³/mol. The summed E-state index contributed by atoms with van der Waals surface area (Å²) >= 11 is 0. The normalized spacial score (nSPS) is 10.7. The Kier molecular flexibility index (Phi) is 3.67. The Labute approximate surface area is 107 Å². The third kappa shape index (κ3) is 2.24. The minimum absolute atomic E-state index is 0.139. The molecule has 18 heavy (non-hydrogen) atoms. The summed E-state index contributed by atoms with van der Waals surface area (Å²) in [5, 5.41) is 8.98. The van der Waals surface area contributed by atoms with Crippen molar-refractivity contribution in [1.82, 2.24) is 9.55 Å². The van der Waals surface area contributed by atoms with Crippen LogP contribution in [0.4, 0.5) is 0 Å². The van der Waals surface area contributed by atoms with Crippen molar-refractivity contribution >= 4 is 0 Å². The molecule has 1 aromatic heterocycles. The van der Waals surface area contributed by atoms with Crippen LogP contribution in [0.2, 0.25) is 0 Å². The highest BCUT2D eigenvalue weighted by Gasteiger charge is 2.09. The van der Waals surface area contributed by atoms with Crippen LogP contribution in [0, 0.1) is 6.92 Å². The maximum atomic E-state index is 8.98. The van der Waals surface area contributed by atoms with E-state index in [-0.39, 0.29) is 6.61 Å². The smallest absolute Gasteiger partial charge is 0.139 e. The quantitative estimate of drug-likeness (QED) is 0.896. The number of rotatable bonds is 4. The fourth-order valence-electron chi connectivity index (χ4n) is 2.08. The molecule has 0 bridgehead atoms. The largest absolute Gasteiger partial charge is 0.496 e. The Morgan fingerprint density at radius 2 is 2.17 bits per heavy atom. The van der Waals surface area contributed by atoms with Crippen molar-refractivity contribution in [3.8, 4) is 17.1 Å². The van der Waals surface area contributed by atoms with E-state index >= 15 is 0 Å². The average Bonchev–Trinajstić information content (AvgIpc) is 2.72. The number of ether oxygens (including phenoxy) is 1. The summed E-state index contributed by atoms with van der Waals surface area (Å²) in [4.78, 5) is 4.41. The van der Waals surface area contributed by atoms with Crippen LogP contribution in [-0.2, 0) is 13.5 Å². The molecule has 0 spiro atoms. The van der Waals surface area contributed by atoms with Crippen molar-refractivity contribution in [2.45, 2.75) is 13.3 Å². The Hall–Kier alpha value is -1.81. The first-order valence-corrected chi connectivity index (χ1v) is 5.94. The van der Waals surface area contributed by atoms with E-state index in [1.165, 1.54) is 0 Å². The zero-order valence-corrected chi connectivity index (χ0v) is 11.0. The lowest BCUT2D eigenvalue weighted by molar-refractivity contribution is 0.297. The first-order valence-electron chi connectivity index (χ1n) is 5.94. The van der Waals surface area contributed by atoms with Gasteiger partial charge in [-0.15, -0.1) is 0 Å². The molecule has 0 atom stereocenters. The molecule has 0 radical (unpaired) electrons. The second kappa shape index (κ2) is 5.23. The molecule has 0 unspecified atom stereocenters. The van der Waals surface area contributed by atoms with E-state index in [1.54, 1.807) is 7.11 Å². The van der Waals surface area contributed by atoms with Crippen molar-refractivity contribution in [2.24, 2.45) is 7.05 Å².